The molecule has 0 saturated heterocycles. The zero-order chi connectivity index (χ0) is 20.3. The van der Waals surface area contributed by atoms with E-state index in [9.17, 15) is 14.4 Å². The summed E-state index contributed by atoms with van der Waals surface area (Å²) in [7, 11) is 0. The Balaban J connectivity index is 2.03. The summed E-state index contributed by atoms with van der Waals surface area (Å²) in [6.07, 6.45) is 1.57. The first-order valence-electron chi connectivity index (χ1n) is 8.74. The molecule has 0 aliphatic rings. The summed E-state index contributed by atoms with van der Waals surface area (Å²) in [6.45, 7) is 3.47. The molecule has 0 bridgehead atoms. The Bertz CT molecular complexity index is 1020. The lowest BCUT2D eigenvalue weighted by Crippen LogP contribution is -2.29. The molecule has 0 fully saturated rings. The standard InChI is InChI=1S/C20H18ClNO6/c1-3-12(19(24)26-4-2)20(25)28-18-13-8-7-11(21)10-14(13)22-16(18)17(23)15-6-5-9-27-15/h5-10,12,22H,3-4H2,1-2H3. The average molecular weight is 404 g/mol. The number of furan rings is 1. The fourth-order valence-corrected chi connectivity index (χ4v) is 2.96. The van der Waals surface area contributed by atoms with E-state index in [0.717, 1.165) is 0 Å². The van der Waals surface area contributed by atoms with Crippen LogP contribution in [0, 0.1) is 5.92 Å². The Morgan fingerprint density at radius 2 is 1.96 bits per heavy atom. The van der Waals surface area contributed by atoms with Gasteiger partial charge in [-0.15, -0.1) is 0 Å². The third-order valence-electron chi connectivity index (χ3n) is 4.15. The molecule has 0 aliphatic heterocycles. The third kappa shape index (κ3) is 3.80. The number of benzene rings is 1. The summed E-state index contributed by atoms with van der Waals surface area (Å²) in [6, 6.07) is 7.92. The normalized spacial score (nSPS) is 12.0. The van der Waals surface area contributed by atoms with E-state index in [1.165, 1.54) is 12.3 Å². The lowest BCUT2D eigenvalue weighted by Gasteiger charge is -2.13. The third-order valence-corrected chi connectivity index (χ3v) is 4.39. The minimum Gasteiger partial charge on any atom is -0.465 e. The van der Waals surface area contributed by atoms with E-state index in [0.29, 0.717) is 15.9 Å². The number of ether oxygens (including phenoxy) is 2. The van der Waals surface area contributed by atoms with Gasteiger partial charge in [0, 0.05) is 10.4 Å². The van der Waals surface area contributed by atoms with E-state index in [4.69, 9.17) is 25.5 Å². The summed E-state index contributed by atoms with van der Waals surface area (Å²) in [4.78, 5) is 40.4. The predicted octanol–water partition coefficient (Wildman–Crippen LogP) is 4.14. The van der Waals surface area contributed by atoms with Gasteiger partial charge in [-0.1, -0.05) is 18.5 Å². The van der Waals surface area contributed by atoms with Crippen LogP contribution in [0.15, 0.2) is 41.0 Å². The van der Waals surface area contributed by atoms with E-state index in [2.05, 4.69) is 4.98 Å². The van der Waals surface area contributed by atoms with E-state index in [1.54, 1.807) is 38.1 Å². The number of carbonyl (C=O) groups is 3. The maximum Gasteiger partial charge on any atom is 0.325 e. The fraction of sp³-hybridized carbons (Fsp3) is 0.250. The molecule has 1 N–H and O–H groups in total. The van der Waals surface area contributed by atoms with Crippen molar-refractivity contribution in [3.05, 3.63) is 53.1 Å². The fourth-order valence-electron chi connectivity index (χ4n) is 2.78. The molecule has 1 unspecified atom stereocenters. The van der Waals surface area contributed by atoms with E-state index in [-0.39, 0.29) is 30.2 Å². The van der Waals surface area contributed by atoms with Crippen molar-refractivity contribution in [3.8, 4) is 5.75 Å². The molecule has 3 rings (SSSR count). The largest absolute Gasteiger partial charge is 0.465 e. The van der Waals surface area contributed by atoms with Gasteiger partial charge in [-0.05, 0) is 43.7 Å². The summed E-state index contributed by atoms with van der Waals surface area (Å²) < 4.78 is 15.6. The Hall–Kier alpha value is -3.06. The Labute approximate surface area is 165 Å². The minimum atomic E-state index is -1.09. The maximum atomic E-state index is 12.8. The van der Waals surface area contributed by atoms with Crippen molar-refractivity contribution in [1.82, 2.24) is 4.98 Å². The first-order valence-corrected chi connectivity index (χ1v) is 9.11. The van der Waals surface area contributed by atoms with Crippen molar-refractivity contribution in [1.29, 1.82) is 0 Å². The van der Waals surface area contributed by atoms with Gasteiger partial charge < -0.3 is 18.9 Å². The molecule has 0 aliphatic carbocycles. The van der Waals surface area contributed by atoms with Gasteiger partial charge in [-0.25, -0.2) is 0 Å². The minimum absolute atomic E-state index is 0.0146. The molecule has 0 amide bonds. The van der Waals surface area contributed by atoms with Gasteiger partial charge in [0.15, 0.2) is 17.4 Å². The molecule has 2 heterocycles. The SMILES string of the molecule is CCOC(=O)C(CC)C(=O)Oc1c(C(=O)c2ccco2)[nH]c2cc(Cl)ccc12. The van der Waals surface area contributed by atoms with Gasteiger partial charge in [-0.3, -0.25) is 14.4 Å². The van der Waals surface area contributed by atoms with Gasteiger partial charge >= 0.3 is 11.9 Å². The quantitative estimate of drug-likeness (QED) is 0.361. The van der Waals surface area contributed by atoms with Gasteiger partial charge in [0.1, 0.15) is 5.69 Å². The van der Waals surface area contributed by atoms with Crippen molar-refractivity contribution in [3.63, 3.8) is 0 Å². The van der Waals surface area contributed by atoms with E-state index < -0.39 is 23.6 Å². The second-order valence-corrected chi connectivity index (χ2v) is 6.40. The lowest BCUT2D eigenvalue weighted by molar-refractivity contribution is -0.157. The van der Waals surface area contributed by atoms with Crippen molar-refractivity contribution in [2.75, 3.05) is 6.61 Å². The Morgan fingerprint density at radius 3 is 2.61 bits per heavy atom. The average Bonchev–Trinajstić information content (AvgIpc) is 3.30. The lowest BCUT2D eigenvalue weighted by atomic mass is 10.1. The molecule has 1 aromatic carbocycles. The first-order chi connectivity index (χ1) is 13.5. The number of aromatic amines is 1. The Kier molecular flexibility index (Phi) is 5.84. The van der Waals surface area contributed by atoms with Gasteiger partial charge in [0.25, 0.3) is 0 Å². The monoisotopic (exact) mass is 403 g/mol. The topological polar surface area (TPSA) is 98.6 Å². The van der Waals surface area contributed by atoms with Crippen LogP contribution in [0.2, 0.25) is 5.02 Å². The number of nitrogens with one attached hydrogen (secondary N) is 1. The first kappa shape index (κ1) is 19.7. The molecule has 0 spiro atoms. The highest BCUT2D eigenvalue weighted by molar-refractivity contribution is 6.31. The van der Waals surface area contributed by atoms with Crippen molar-refractivity contribution in [2.45, 2.75) is 20.3 Å². The smallest absolute Gasteiger partial charge is 0.325 e. The number of ketones is 1. The second-order valence-electron chi connectivity index (χ2n) is 5.96. The molecular weight excluding hydrogens is 386 g/mol. The van der Waals surface area contributed by atoms with Crippen LogP contribution >= 0.6 is 11.6 Å². The van der Waals surface area contributed by atoms with Crippen LogP contribution in [0.5, 0.6) is 5.75 Å². The number of aromatic nitrogens is 1. The molecule has 2 aromatic heterocycles. The predicted molar refractivity (Wildman–Crippen MR) is 101 cm³/mol. The summed E-state index contributed by atoms with van der Waals surface area (Å²) in [5, 5.41) is 0.924. The number of halogens is 1. The number of hydrogen-bond donors (Lipinski definition) is 1. The number of esters is 2. The molecule has 0 saturated carbocycles. The van der Waals surface area contributed by atoms with Crippen LogP contribution in [0.4, 0.5) is 0 Å². The number of H-pyrrole nitrogens is 1. The maximum absolute atomic E-state index is 12.8. The van der Waals surface area contributed by atoms with Crippen LogP contribution in [-0.4, -0.2) is 29.3 Å². The molecular formula is C20H18ClNO6. The number of hydrogen-bond acceptors (Lipinski definition) is 6. The van der Waals surface area contributed by atoms with Gasteiger partial charge in [-0.2, -0.15) is 0 Å². The van der Waals surface area contributed by atoms with E-state index >= 15 is 0 Å². The summed E-state index contributed by atoms with van der Waals surface area (Å²) >= 11 is 6.02. The molecule has 1 atom stereocenters. The summed E-state index contributed by atoms with van der Waals surface area (Å²) in [5.41, 5.74) is 0.536. The molecule has 28 heavy (non-hydrogen) atoms. The summed E-state index contributed by atoms with van der Waals surface area (Å²) in [5.74, 6) is -2.97. The van der Waals surface area contributed by atoms with Gasteiger partial charge in [0.05, 0.1) is 18.4 Å². The van der Waals surface area contributed by atoms with Crippen LogP contribution in [-0.2, 0) is 14.3 Å². The number of fused-ring (bicyclic) bond motifs is 1. The number of carbonyl (C=O) groups excluding carboxylic acids is 3. The van der Waals surface area contributed by atoms with Crippen LogP contribution in [0.1, 0.15) is 36.5 Å². The molecule has 146 valence electrons. The van der Waals surface area contributed by atoms with Crippen molar-refractivity contribution >= 4 is 40.2 Å². The van der Waals surface area contributed by atoms with Crippen LogP contribution in [0.25, 0.3) is 10.9 Å². The van der Waals surface area contributed by atoms with Crippen LogP contribution in [0.3, 0.4) is 0 Å². The molecule has 7 nitrogen and oxygen atoms in total. The highest BCUT2D eigenvalue weighted by atomic mass is 35.5. The zero-order valence-corrected chi connectivity index (χ0v) is 16.0. The van der Waals surface area contributed by atoms with E-state index in [1.807, 2.05) is 0 Å². The van der Waals surface area contributed by atoms with Crippen molar-refractivity contribution in [2.24, 2.45) is 5.92 Å². The molecule has 0 radical (unpaired) electrons. The number of rotatable bonds is 7. The zero-order valence-electron chi connectivity index (χ0n) is 15.3. The highest BCUT2D eigenvalue weighted by Gasteiger charge is 2.31. The van der Waals surface area contributed by atoms with Crippen LogP contribution < -0.4 is 4.74 Å². The van der Waals surface area contributed by atoms with Crippen molar-refractivity contribution < 1.29 is 28.3 Å². The van der Waals surface area contributed by atoms with Gasteiger partial charge in [0.2, 0.25) is 5.78 Å². The Morgan fingerprint density at radius 1 is 1.18 bits per heavy atom. The highest BCUT2D eigenvalue weighted by Crippen LogP contribution is 2.34. The molecule has 8 heteroatoms. The second kappa shape index (κ2) is 8.31. The molecule has 3 aromatic rings.